The Bertz CT molecular complexity index is 754. The van der Waals surface area contributed by atoms with Gasteiger partial charge in [-0.15, -0.1) is 0 Å². The number of anilines is 1. The van der Waals surface area contributed by atoms with Crippen LogP contribution in [0.3, 0.4) is 0 Å². The normalized spacial score (nSPS) is 10.5. The van der Waals surface area contributed by atoms with Gasteiger partial charge in [-0.25, -0.2) is 9.97 Å². The van der Waals surface area contributed by atoms with Gasteiger partial charge in [-0.1, -0.05) is 30.3 Å². The van der Waals surface area contributed by atoms with Crippen LogP contribution in [0.5, 0.6) is 0 Å². The lowest BCUT2D eigenvalue weighted by Crippen LogP contribution is -2.09. The first-order chi connectivity index (χ1) is 9.31. The second-order valence-electron chi connectivity index (χ2n) is 4.01. The summed E-state index contributed by atoms with van der Waals surface area (Å²) in [4.78, 5) is 26.1. The van der Waals surface area contributed by atoms with Crippen LogP contribution >= 0.6 is 0 Å². The van der Waals surface area contributed by atoms with Gasteiger partial charge in [-0.3, -0.25) is 4.79 Å². The van der Waals surface area contributed by atoms with Crippen molar-refractivity contribution in [1.29, 1.82) is 0 Å². The Hall–Kier alpha value is -2.76. The maximum absolute atomic E-state index is 11.2. The number of fused-ring (bicyclic) bond motifs is 1. The van der Waals surface area contributed by atoms with Gasteiger partial charge >= 0.3 is 0 Å². The van der Waals surface area contributed by atoms with Crippen molar-refractivity contribution in [3.05, 3.63) is 58.6 Å². The van der Waals surface area contributed by atoms with Crippen molar-refractivity contribution in [3.63, 3.8) is 0 Å². The van der Waals surface area contributed by atoms with Crippen LogP contribution in [-0.2, 0) is 6.54 Å². The van der Waals surface area contributed by atoms with E-state index in [4.69, 9.17) is 0 Å². The molecule has 0 saturated carbocycles. The van der Waals surface area contributed by atoms with Gasteiger partial charge in [0.25, 0.3) is 5.56 Å². The first-order valence-corrected chi connectivity index (χ1v) is 5.81. The van der Waals surface area contributed by atoms with Crippen LogP contribution in [0, 0.1) is 0 Å². The van der Waals surface area contributed by atoms with Crippen LogP contribution in [0.2, 0.25) is 0 Å². The predicted octanol–water partition coefficient (Wildman–Crippen LogP) is 1.33. The molecule has 1 aromatic carbocycles. The van der Waals surface area contributed by atoms with E-state index < -0.39 is 0 Å². The molecule has 3 aromatic rings. The molecular weight excluding hydrogens is 242 g/mol. The largest absolute Gasteiger partial charge is 0.350 e. The highest BCUT2D eigenvalue weighted by atomic mass is 16.1. The molecule has 0 aliphatic heterocycles. The van der Waals surface area contributed by atoms with E-state index in [-0.39, 0.29) is 5.56 Å². The van der Waals surface area contributed by atoms with Gasteiger partial charge in [-0.2, -0.15) is 4.98 Å². The summed E-state index contributed by atoms with van der Waals surface area (Å²) in [6.07, 6.45) is 2.79. The first kappa shape index (κ1) is 11.3. The number of aromatic nitrogens is 4. The Balaban J connectivity index is 1.83. The monoisotopic (exact) mass is 253 g/mol. The molecule has 94 valence electrons. The summed E-state index contributed by atoms with van der Waals surface area (Å²) in [5.41, 5.74) is 1.84. The van der Waals surface area contributed by atoms with E-state index in [0.29, 0.717) is 23.7 Å². The summed E-state index contributed by atoms with van der Waals surface area (Å²) >= 11 is 0. The van der Waals surface area contributed by atoms with E-state index in [1.54, 1.807) is 6.20 Å². The standard InChI is InChI=1S/C13H11N5O/c19-11-8-14-10-7-16-13(18-12(10)17-11)15-6-9-4-2-1-3-5-9/h1-5,7-8H,6H2,(H2,15,16,17,18,19). The van der Waals surface area contributed by atoms with Gasteiger partial charge in [0.2, 0.25) is 5.95 Å². The lowest BCUT2D eigenvalue weighted by Gasteiger charge is -2.05. The Morgan fingerprint density at radius 3 is 2.79 bits per heavy atom. The first-order valence-electron chi connectivity index (χ1n) is 5.81. The fourth-order valence-corrected chi connectivity index (χ4v) is 1.70. The van der Waals surface area contributed by atoms with Gasteiger partial charge in [0.05, 0.1) is 12.4 Å². The van der Waals surface area contributed by atoms with Gasteiger partial charge in [0.1, 0.15) is 5.52 Å². The molecule has 0 amide bonds. The van der Waals surface area contributed by atoms with Gasteiger partial charge in [-0.05, 0) is 5.56 Å². The minimum absolute atomic E-state index is 0.278. The molecule has 0 spiro atoms. The van der Waals surface area contributed by atoms with Crippen LogP contribution in [0.25, 0.3) is 11.2 Å². The summed E-state index contributed by atoms with van der Waals surface area (Å²) < 4.78 is 0. The average molecular weight is 253 g/mol. The number of hydrogen-bond acceptors (Lipinski definition) is 5. The average Bonchev–Trinajstić information content (AvgIpc) is 2.46. The zero-order valence-corrected chi connectivity index (χ0v) is 10.00. The Morgan fingerprint density at radius 1 is 1.11 bits per heavy atom. The van der Waals surface area contributed by atoms with E-state index in [9.17, 15) is 4.79 Å². The lowest BCUT2D eigenvalue weighted by molar-refractivity contribution is 1.05. The van der Waals surface area contributed by atoms with Crippen LogP contribution in [0.4, 0.5) is 5.95 Å². The lowest BCUT2D eigenvalue weighted by atomic mass is 10.2. The summed E-state index contributed by atoms with van der Waals surface area (Å²) in [7, 11) is 0. The van der Waals surface area contributed by atoms with Gasteiger partial charge < -0.3 is 10.3 Å². The van der Waals surface area contributed by atoms with E-state index in [2.05, 4.69) is 25.3 Å². The molecule has 0 bridgehead atoms. The van der Waals surface area contributed by atoms with E-state index >= 15 is 0 Å². The van der Waals surface area contributed by atoms with Crippen LogP contribution in [0.15, 0.2) is 47.5 Å². The molecule has 0 unspecified atom stereocenters. The Labute approximate surface area is 108 Å². The molecule has 0 atom stereocenters. The highest BCUT2D eigenvalue weighted by Crippen LogP contribution is 2.07. The molecule has 2 aromatic heterocycles. The minimum atomic E-state index is -0.278. The minimum Gasteiger partial charge on any atom is -0.350 e. The highest BCUT2D eigenvalue weighted by Gasteiger charge is 2.01. The quantitative estimate of drug-likeness (QED) is 0.735. The number of nitrogens with one attached hydrogen (secondary N) is 2. The number of aromatic amines is 1. The molecular formula is C13H11N5O. The Morgan fingerprint density at radius 2 is 1.95 bits per heavy atom. The summed E-state index contributed by atoms with van der Waals surface area (Å²) in [5.74, 6) is 0.458. The maximum atomic E-state index is 11.2. The van der Waals surface area contributed by atoms with Crippen molar-refractivity contribution in [2.75, 3.05) is 5.32 Å². The van der Waals surface area contributed by atoms with Gasteiger partial charge in [0.15, 0.2) is 5.65 Å². The van der Waals surface area contributed by atoms with Crippen LogP contribution in [0.1, 0.15) is 5.56 Å². The SMILES string of the molecule is O=c1cnc2cnc(NCc3ccccc3)nc2[nH]1. The number of hydrogen-bond donors (Lipinski definition) is 2. The molecule has 6 heteroatoms. The molecule has 0 fully saturated rings. The van der Waals surface area contributed by atoms with Crippen molar-refractivity contribution in [3.8, 4) is 0 Å². The van der Waals surface area contributed by atoms with E-state index in [0.717, 1.165) is 5.56 Å². The highest BCUT2D eigenvalue weighted by molar-refractivity contribution is 5.68. The zero-order chi connectivity index (χ0) is 13.1. The topological polar surface area (TPSA) is 83.6 Å². The van der Waals surface area contributed by atoms with Crippen molar-refractivity contribution in [2.24, 2.45) is 0 Å². The number of nitrogens with zero attached hydrogens (tertiary/aromatic N) is 3. The van der Waals surface area contributed by atoms with Crippen LogP contribution < -0.4 is 10.9 Å². The zero-order valence-electron chi connectivity index (χ0n) is 10.00. The van der Waals surface area contributed by atoms with Crippen molar-refractivity contribution >= 4 is 17.1 Å². The smallest absolute Gasteiger partial charge is 0.268 e. The predicted molar refractivity (Wildman–Crippen MR) is 71.7 cm³/mol. The fourth-order valence-electron chi connectivity index (χ4n) is 1.70. The number of rotatable bonds is 3. The second kappa shape index (κ2) is 4.85. The number of H-pyrrole nitrogens is 1. The van der Waals surface area contributed by atoms with Crippen molar-refractivity contribution in [2.45, 2.75) is 6.54 Å². The van der Waals surface area contributed by atoms with Gasteiger partial charge in [0, 0.05) is 6.54 Å². The summed E-state index contributed by atoms with van der Waals surface area (Å²) in [6, 6.07) is 9.93. The van der Waals surface area contributed by atoms with E-state index in [1.165, 1.54) is 6.20 Å². The summed E-state index contributed by atoms with van der Waals surface area (Å²) in [6.45, 7) is 0.622. The summed E-state index contributed by atoms with van der Waals surface area (Å²) in [5, 5.41) is 3.10. The Kier molecular flexibility index (Phi) is 2.89. The molecule has 0 radical (unpaired) electrons. The number of benzene rings is 1. The molecule has 2 N–H and O–H groups in total. The van der Waals surface area contributed by atoms with Crippen LogP contribution in [-0.4, -0.2) is 19.9 Å². The fraction of sp³-hybridized carbons (Fsp3) is 0.0769. The van der Waals surface area contributed by atoms with E-state index in [1.807, 2.05) is 30.3 Å². The third-order valence-corrected chi connectivity index (χ3v) is 2.63. The molecule has 0 aliphatic carbocycles. The maximum Gasteiger partial charge on any atom is 0.268 e. The molecule has 6 nitrogen and oxygen atoms in total. The molecule has 19 heavy (non-hydrogen) atoms. The molecule has 3 rings (SSSR count). The molecule has 0 aliphatic rings. The third kappa shape index (κ3) is 2.57. The van der Waals surface area contributed by atoms with Crippen molar-refractivity contribution < 1.29 is 0 Å². The second-order valence-corrected chi connectivity index (χ2v) is 4.01. The molecule has 2 heterocycles. The molecule has 0 saturated heterocycles. The van der Waals surface area contributed by atoms with Crippen molar-refractivity contribution in [1.82, 2.24) is 19.9 Å². The third-order valence-electron chi connectivity index (χ3n) is 2.63.